The average Bonchev–Trinajstić information content (AvgIpc) is 3.59. The topological polar surface area (TPSA) is 119 Å². The van der Waals surface area contributed by atoms with Gasteiger partial charge >= 0.3 is 5.97 Å². The van der Waals surface area contributed by atoms with Gasteiger partial charge in [-0.3, -0.25) is 0 Å². The third kappa shape index (κ3) is 5.58. The lowest BCUT2D eigenvalue weighted by Crippen LogP contribution is -2.46. The highest BCUT2D eigenvalue weighted by Crippen LogP contribution is 2.46. The fourth-order valence-corrected chi connectivity index (χ4v) is 5.97. The van der Waals surface area contributed by atoms with E-state index in [0.717, 1.165) is 55.2 Å². The van der Waals surface area contributed by atoms with Crippen LogP contribution in [0.1, 0.15) is 81.3 Å². The number of hydrogen-bond acceptors (Lipinski definition) is 8. The van der Waals surface area contributed by atoms with Gasteiger partial charge in [-0.25, -0.2) is 14.3 Å². The molecule has 3 heterocycles. The molecule has 1 unspecified atom stereocenters. The number of phenolic OH excluding ortho intramolecular Hbond substituents is 1. The number of carbonyl (C=O) groups excluding carboxylic acids is 1. The number of nitrogens with zero attached hydrogens (tertiary/aromatic N) is 4. The number of aryl methyl sites for hydroxylation is 3. The van der Waals surface area contributed by atoms with E-state index in [1.807, 2.05) is 19.2 Å². The molecular formula is C30H38N4O5. The van der Waals surface area contributed by atoms with Gasteiger partial charge in [0.15, 0.2) is 5.82 Å². The number of aliphatic hydroxyl groups excluding tert-OH is 1. The van der Waals surface area contributed by atoms with Gasteiger partial charge in [-0.05, 0) is 74.1 Å². The molecule has 1 aromatic carbocycles. The number of aliphatic hydroxyl groups is 1. The van der Waals surface area contributed by atoms with Crippen molar-refractivity contribution in [2.45, 2.75) is 90.6 Å². The Bertz CT molecular complexity index is 1390. The number of fused-ring (bicyclic) bond motifs is 1. The maximum atomic E-state index is 13.4. The summed E-state index contributed by atoms with van der Waals surface area (Å²) in [5.74, 6) is 1.43. The number of aromatic nitrogens is 4. The van der Waals surface area contributed by atoms with Crippen LogP contribution >= 0.6 is 0 Å². The molecule has 1 atom stereocenters. The van der Waals surface area contributed by atoms with Crippen LogP contribution in [0.4, 0.5) is 0 Å². The molecule has 0 radical (unpaired) electrons. The summed E-state index contributed by atoms with van der Waals surface area (Å²) >= 11 is 0. The van der Waals surface area contributed by atoms with Gasteiger partial charge in [-0.1, -0.05) is 26.7 Å². The minimum atomic E-state index is -0.817. The summed E-state index contributed by atoms with van der Waals surface area (Å²) in [5.41, 5.74) is 2.17. The van der Waals surface area contributed by atoms with Crippen molar-refractivity contribution < 1.29 is 24.5 Å². The Hall–Kier alpha value is -3.62. The summed E-state index contributed by atoms with van der Waals surface area (Å²) in [5, 5.41) is 26.4. The van der Waals surface area contributed by atoms with Crippen molar-refractivity contribution >= 4 is 11.7 Å². The van der Waals surface area contributed by atoms with Gasteiger partial charge in [-0.2, -0.15) is 4.98 Å². The van der Waals surface area contributed by atoms with Crippen LogP contribution in [0.25, 0.3) is 5.78 Å². The minimum Gasteiger partial charge on any atom is -0.512 e. The Morgan fingerprint density at radius 2 is 1.97 bits per heavy atom. The van der Waals surface area contributed by atoms with Crippen LogP contribution in [0.3, 0.4) is 0 Å². The molecule has 2 aliphatic rings. The molecule has 9 heteroatoms. The van der Waals surface area contributed by atoms with Gasteiger partial charge in [-0.15, -0.1) is 5.10 Å². The van der Waals surface area contributed by atoms with E-state index in [0.29, 0.717) is 36.8 Å². The summed E-state index contributed by atoms with van der Waals surface area (Å²) in [6.45, 7) is 6.63. The molecule has 0 amide bonds. The highest BCUT2D eigenvalue weighted by molar-refractivity contribution is 5.90. The first-order valence-electron chi connectivity index (χ1n) is 14.1. The van der Waals surface area contributed by atoms with Crippen molar-refractivity contribution in [3.8, 4) is 11.5 Å². The van der Waals surface area contributed by atoms with Crippen molar-refractivity contribution in [3.05, 3.63) is 58.4 Å². The Balaban J connectivity index is 1.39. The molecule has 1 fully saturated rings. The largest absolute Gasteiger partial charge is 0.512 e. The number of aromatic hydroxyl groups is 1. The van der Waals surface area contributed by atoms with Crippen molar-refractivity contribution in [2.24, 2.45) is 5.92 Å². The fraction of sp³-hybridized carbons (Fsp3) is 0.533. The fourth-order valence-electron chi connectivity index (χ4n) is 5.97. The molecule has 3 aromatic rings. The summed E-state index contributed by atoms with van der Waals surface area (Å²) in [7, 11) is 0. The van der Waals surface area contributed by atoms with Crippen LogP contribution in [0.5, 0.6) is 11.5 Å². The van der Waals surface area contributed by atoms with Gasteiger partial charge in [0.2, 0.25) is 0 Å². The van der Waals surface area contributed by atoms with E-state index in [-0.39, 0.29) is 35.8 Å². The summed E-state index contributed by atoms with van der Waals surface area (Å²) in [4.78, 5) is 22.1. The third-order valence-electron chi connectivity index (χ3n) is 8.08. The maximum Gasteiger partial charge on any atom is 0.338 e. The highest BCUT2D eigenvalue weighted by atomic mass is 16.6. The number of hydrogen-bond donors (Lipinski definition) is 2. The second-order valence-electron chi connectivity index (χ2n) is 10.9. The predicted molar refractivity (Wildman–Crippen MR) is 146 cm³/mol. The lowest BCUT2D eigenvalue weighted by molar-refractivity contribution is -0.167. The molecule has 2 N–H and O–H groups in total. The van der Waals surface area contributed by atoms with Gasteiger partial charge in [0, 0.05) is 31.3 Å². The van der Waals surface area contributed by atoms with Crippen molar-refractivity contribution in [1.29, 1.82) is 0 Å². The standard InChI is InChI=1S/C30H38N4O5/c1-4-12-38-26-15-24(35)21(13-20(26)5-2)10-11-30(22-8-6-7-9-22)16-25(36)23(28(37)39-30)14-27-32-29-31-17-19(3)18-34(29)33-27/h13,15,17-18,22,35-36H,4-12,14,16H2,1-3H3. The second kappa shape index (κ2) is 11.2. The molecule has 1 saturated carbocycles. The van der Waals surface area contributed by atoms with Crippen LogP contribution < -0.4 is 4.74 Å². The first kappa shape index (κ1) is 27.0. The quantitative estimate of drug-likeness (QED) is 0.334. The van der Waals surface area contributed by atoms with Crippen molar-refractivity contribution in [3.63, 3.8) is 0 Å². The summed E-state index contributed by atoms with van der Waals surface area (Å²) in [6.07, 6.45) is 10.6. The van der Waals surface area contributed by atoms with Crippen LogP contribution in [0.2, 0.25) is 0 Å². The lowest BCUT2D eigenvalue weighted by atomic mass is 9.76. The molecule has 39 heavy (non-hydrogen) atoms. The monoisotopic (exact) mass is 534 g/mol. The number of rotatable bonds is 10. The molecule has 5 rings (SSSR count). The number of phenols is 1. The number of carbonyl (C=O) groups is 1. The third-order valence-corrected chi connectivity index (χ3v) is 8.08. The molecule has 0 spiro atoms. The zero-order valence-electron chi connectivity index (χ0n) is 23.1. The Morgan fingerprint density at radius 1 is 1.18 bits per heavy atom. The van der Waals surface area contributed by atoms with Crippen molar-refractivity contribution in [2.75, 3.05) is 6.61 Å². The smallest absolute Gasteiger partial charge is 0.338 e. The van der Waals surface area contributed by atoms with Crippen LogP contribution in [-0.2, 0) is 28.8 Å². The van der Waals surface area contributed by atoms with E-state index in [2.05, 4.69) is 28.9 Å². The zero-order valence-corrected chi connectivity index (χ0v) is 23.1. The molecule has 2 aromatic heterocycles. The number of benzene rings is 1. The van der Waals surface area contributed by atoms with E-state index in [4.69, 9.17) is 9.47 Å². The van der Waals surface area contributed by atoms with Crippen LogP contribution in [-0.4, -0.2) is 48.0 Å². The average molecular weight is 535 g/mol. The molecule has 208 valence electrons. The molecule has 0 bridgehead atoms. The number of ether oxygens (including phenoxy) is 2. The summed E-state index contributed by atoms with van der Waals surface area (Å²) < 4.78 is 13.7. The van der Waals surface area contributed by atoms with Gasteiger partial charge in [0.1, 0.15) is 22.9 Å². The van der Waals surface area contributed by atoms with Gasteiger partial charge < -0.3 is 19.7 Å². The zero-order chi connectivity index (χ0) is 27.6. The molecular weight excluding hydrogens is 496 g/mol. The van der Waals surface area contributed by atoms with E-state index in [1.165, 1.54) is 0 Å². The highest BCUT2D eigenvalue weighted by Gasteiger charge is 2.48. The molecule has 9 nitrogen and oxygen atoms in total. The number of cyclic esters (lactones) is 1. The van der Waals surface area contributed by atoms with Gasteiger partial charge in [0.25, 0.3) is 5.78 Å². The first-order valence-corrected chi connectivity index (χ1v) is 14.1. The molecule has 1 aliphatic heterocycles. The summed E-state index contributed by atoms with van der Waals surface area (Å²) in [6, 6.07) is 3.70. The minimum absolute atomic E-state index is 0.0444. The van der Waals surface area contributed by atoms with Crippen LogP contribution in [0, 0.1) is 12.8 Å². The Kier molecular flexibility index (Phi) is 7.77. The van der Waals surface area contributed by atoms with Crippen LogP contribution in [0.15, 0.2) is 35.9 Å². The normalized spacial score (nSPS) is 20.1. The van der Waals surface area contributed by atoms with E-state index < -0.39 is 11.6 Å². The molecule has 0 saturated heterocycles. The van der Waals surface area contributed by atoms with Gasteiger partial charge in [0.05, 0.1) is 12.2 Å². The number of esters is 1. The first-order chi connectivity index (χ1) is 18.8. The molecule has 1 aliphatic carbocycles. The van der Waals surface area contributed by atoms with E-state index >= 15 is 0 Å². The lowest BCUT2D eigenvalue weighted by Gasteiger charge is -2.41. The van der Waals surface area contributed by atoms with E-state index in [1.54, 1.807) is 16.8 Å². The SMILES string of the molecule is CCCOc1cc(O)c(CCC2(C3CCCC3)CC(O)=C(Cc3nc4ncc(C)cn4n3)C(=O)O2)cc1CC. The van der Waals surface area contributed by atoms with E-state index in [9.17, 15) is 15.0 Å². The predicted octanol–water partition coefficient (Wildman–Crippen LogP) is 5.35. The second-order valence-corrected chi connectivity index (χ2v) is 10.9. The van der Waals surface area contributed by atoms with Crippen molar-refractivity contribution in [1.82, 2.24) is 19.6 Å². The maximum absolute atomic E-state index is 13.4. The Morgan fingerprint density at radius 3 is 2.69 bits per heavy atom. The Labute approximate surface area is 228 Å².